The fourth-order valence-corrected chi connectivity index (χ4v) is 1.46. The molecule has 14 heavy (non-hydrogen) atoms. The third kappa shape index (κ3) is 2.30. The molecule has 0 bridgehead atoms. The lowest BCUT2D eigenvalue weighted by atomic mass is 10.1. The highest BCUT2D eigenvalue weighted by molar-refractivity contribution is 8.93. The maximum absolute atomic E-state index is 4.29. The Bertz CT molecular complexity index is 396. The van der Waals surface area contributed by atoms with Gasteiger partial charge in [0.2, 0.25) is 0 Å². The number of hydrogen-bond acceptors (Lipinski definition) is 2. The molecule has 2 aromatic rings. The molecule has 0 saturated carbocycles. The molecule has 0 amide bonds. The minimum absolute atomic E-state index is 0. The number of hydrogen-bond donors (Lipinski definition) is 1. The number of aryl methyl sites for hydroxylation is 1. The number of rotatable bonds is 1. The van der Waals surface area contributed by atoms with E-state index in [9.17, 15) is 0 Å². The summed E-state index contributed by atoms with van der Waals surface area (Å²) in [5, 5.41) is 1.28. The van der Waals surface area contributed by atoms with Gasteiger partial charge < -0.3 is 6.15 Å². The number of aromatic nitrogens is 1. The highest BCUT2D eigenvalue weighted by Gasteiger charge is 1.96. The first-order chi connectivity index (χ1) is 5.92. The van der Waals surface area contributed by atoms with Gasteiger partial charge in [0.25, 0.3) is 0 Å². The zero-order valence-corrected chi connectivity index (χ0v) is 9.95. The Morgan fingerprint density at radius 2 is 1.86 bits per heavy atom. The number of para-hydroxylation sites is 1. The smallest absolute Gasteiger partial charge is 0.0704 e. The van der Waals surface area contributed by atoms with Gasteiger partial charge in [0.15, 0.2) is 0 Å². The molecule has 0 fully saturated rings. The van der Waals surface area contributed by atoms with Crippen molar-refractivity contribution in [2.24, 2.45) is 0 Å². The van der Waals surface area contributed by atoms with Gasteiger partial charge in [-0.2, -0.15) is 0 Å². The lowest BCUT2D eigenvalue weighted by molar-refractivity contribution is 1.15. The van der Waals surface area contributed by atoms with Crippen molar-refractivity contribution in [1.82, 2.24) is 11.1 Å². The number of fused-ring (bicyclic) bond motifs is 1. The second kappa shape index (κ2) is 5.73. The van der Waals surface area contributed by atoms with Crippen molar-refractivity contribution in [3.8, 4) is 0 Å². The number of pyridine rings is 1. The molecule has 2 nitrogen and oxygen atoms in total. The largest absolute Gasteiger partial charge is 0.344 e. The molecule has 3 heteroatoms. The predicted molar refractivity (Wildman–Crippen MR) is 66.5 cm³/mol. The number of benzene rings is 1. The molecule has 1 aromatic heterocycles. The van der Waals surface area contributed by atoms with Gasteiger partial charge in [-0.3, -0.25) is 4.98 Å². The van der Waals surface area contributed by atoms with Crippen LogP contribution in [-0.2, 0) is 6.42 Å². The van der Waals surface area contributed by atoms with Crippen LogP contribution < -0.4 is 6.15 Å². The molecule has 1 heterocycles. The number of halogens is 1. The molecular formula is C11H15BrN2. The molecule has 0 aliphatic heterocycles. The van der Waals surface area contributed by atoms with Crippen LogP contribution in [0.2, 0.25) is 0 Å². The van der Waals surface area contributed by atoms with Gasteiger partial charge in [-0.1, -0.05) is 25.1 Å². The van der Waals surface area contributed by atoms with Crippen LogP contribution in [-0.4, -0.2) is 4.98 Å². The zero-order valence-electron chi connectivity index (χ0n) is 8.23. The van der Waals surface area contributed by atoms with E-state index < -0.39 is 0 Å². The lowest BCUT2D eigenvalue weighted by Gasteiger charge is -2.01. The maximum Gasteiger partial charge on any atom is 0.0704 e. The molecule has 1 aromatic carbocycles. The van der Waals surface area contributed by atoms with Gasteiger partial charge in [0.1, 0.15) is 0 Å². The van der Waals surface area contributed by atoms with Gasteiger partial charge >= 0.3 is 0 Å². The van der Waals surface area contributed by atoms with Gasteiger partial charge in [0.05, 0.1) is 5.52 Å². The molecule has 3 N–H and O–H groups in total. The van der Waals surface area contributed by atoms with Crippen molar-refractivity contribution >= 4 is 27.9 Å². The van der Waals surface area contributed by atoms with Gasteiger partial charge in [-0.25, -0.2) is 0 Å². The summed E-state index contributed by atoms with van der Waals surface area (Å²) in [6, 6.07) is 10.3. The third-order valence-electron chi connectivity index (χ3n) is 2.12. The zero-order chi connectivity index (χ0) is 8.39. The van der Waals surface area contributed by atoms with Crippen LogP contribution in [0.1, 0.15) is 12.5 Å². The van der Waals surface area contributed by atoms with Crippen LogP contribution in [0.3, 0.4) is 0 Å². The van der Waals surface area contributed by atoms with Crippen LogP contribution in [0.25, 0.3) is 10.9 Å². The first kappa shape index (κ1) is 13.1. The van der Waals surface area contributed by atoms with Gasteiger partial charge in [-0.15, -0.1) is 17.0 Å². The van der Waals surface area contributed by atoms with Crippen LogP contribution in [0.5, 0.6) is 0 Å². The Kier molecular flexibility index (Phi) is 5.35. The van der Waals surface area contributed by atoms with Crippen LogP contribution in [0.4, 0.5) is 0 Å². The van der Waals surface area contributed by atoms with Crippen LogP contribution in [0.15, 0.2) is 36.5 Å². The van der Waals surface area contributed by atoms with Crippen molar-refractivity contribution in [3.05, 3.63) is 42.1 Å². The Balaban J connectivity index is 0.000000845. The fraction of sp³-hybridized carbons (Fsp3) is 0.182. The van der Waals surface area contributed by atoms with Crippen molar-refractivity contribution in [2.45, 2.75) is 13.3 Å². The molecule has 0 atom stereocenters. The van der Waals surface area contributed by atoms with Crippen molar-refractivity contribution in [3.63, 3.8) is 0 Å². The maximum atomic E-state index is 4.29. The molecule has 0 spiro atoms. The Hall–Kier alpha value is -0.930. The molecule has 76 valence electrons. The fourth-order valence-electron chi connectivity index (χ4n) is 1.46. The van der Waals surface area contributed by atoms with Crippen molar-refractivity contribution < 1.29 is 0 Å². The summed E-state index contributed by atoms with van der Waals surface area (Å²) in [7, 11) is 0. The summed E-state index contributed by atoms with van der Waals surface area (Å²) in [5.74, 6) is 0. The second-order valence-corrected chi connectivity index (χ2v) is 2.84. The Morgan fingerprint density at radius 3 is 2.57 bits per heavy atom. The molecule has 0 saturated heterocycles. The molecule has 0 unspecified atom stereocenters. The highest BCUT2D eigenvalue weighted by Crippen LogP contribution is 2.15. The van der Waals surface area contributed by atoms with Gasteiger partial charge in [0, 0.05) is 11.6 Å². The van der Waals surface area contributed by atoms with E-state index in [1.165, 1.54) is 10.9 Å². The molecule has 0 radical (unpaired) electrons. The van der Waals surface area contributed by atoms with E-state index in [0.29, 0.717) is 0 Å². The standard InChI is InChI=1S/C11H11N.BrH.H3N/c1-2-9-7-8-12-11-6-4-3-5-10(9)11;;/h3-8H,2H2,1H3;1H;1H3. The van der Waals surface area contributed by atoms with E-state index in [1.807, 2.05) is 12.3 Å². The molecule has 0 aliphatic carbocycles. The minimum atomic E-state index is 0. The summed E-state index contributed by atoms with van der Waals surface area (Å²) in [6.45, 7) is 2.17. The average molecular weight is 255 g/mol. The predicted octanol–water partition coefficient (Wildman–Crippen LogP) is 3.54. The van der Waals surface area contributed by atoms with E-state index in [-0.39, 0.29) is 23.1 Å². The summed E-state index contributed by atoms with van der Waals surface area (Å²) in [6.07, 6.45) is 2.95. The summed E-state index contributed by atoms with van der Waals surface area (Å²) in [4.78, 5) is 4.29. The molecule has 2 rings (SSSR count). The first-order valence-electron chi connectivity index (χ1n) is 4.24. The van der Waals surface area contributed by atoms with Gasteiger partial charge in [-0.05, 0) is 24.1 Å². The monoisotopic (exact) mass is 254 g/mol. The average Bonchev–Trinajstić information content (AvgIpc) is 2.17. The summed E-state index contributed by atoms with van der Waals surface area (Å²) < 4.78 is 0. The molecular weight excluding hydrogens is 240 g/mol. The Morgan fingerprint density at radius 1 is 1.14 bits per heavy atom. The van der Waals surface area contributed by atoms with Crippen molar-refractivity contribution in [1.29, 1.82) is 0 Å². The number of nitrogens with zero attached hydrogens (tertiary/aromatic N) is 1. The van der Waals surface area contributed by atoms with E-state index >= 15 is 0 Å². The topological polar surface area (TPSA) is 47.9 Å². The van der Waals surface area contributed by atoms with Crippen LogP contribution in [0, 0.1) is 0 Å². The van der Waals surface area contributed by atoms with E-state index in [0.717, 1.165) is 11.9 Å². The normalized spacial score (nSPS) is 8.93. The van der Waals surface area contributed by atoms with E-state index in [1.54, 1.807) is 0 Å². The summed E-state index contributed by atoms with van der Waals surface area (Å²) >= 11 is 0. The molecule has 0 aliphatic rings. The minimum Gasteiger partial charge on any atom is -0.344 e. The van der Waals surface area contributed by atoms with Crippen LogP contribution >= 0.6 is 17.0 Å². The third-order valence-corrected chi connectivity index (χ3v) is 2.12. The van der Waals surface area contributed by atoms with E-state index in [4.69, 9.17) is 0 Å². The highest BCUT2D eigenvalue weighted by atomic mass is 79.9. The second-order valence-electron chi connectivity index (χ2n) is 2.84. The Labute approximate surface area is 94.7 Å². The SMILES string of the molecule is Br.CCc1ccnc2ccccc12.N. The quantitative estimate of drug-likeness (QED) is 0.847. The van der Waals surface area contributed by atoms with E-state index in [2.05, 4.69) is 36.2 Å². The summed E-state index contributed by atoms with van der Waals surface area (Å²) in [5.41, 5.74) is 2.47. The van der Waals surface area contributed by atoms with Crippen molar-refractivity contribution in [2.75, 3.05) is 0 Å². The first-order valence-corrected chi connectivity index (χ1v) is 4.24. The lowest BCUT2D eigenvalue weighted by Crippen LogP contribution is -1.84.